The van der Waals surface area contributed by atoms with Gasteiger partial charge in [-0.05, 0) is 19.1 Å². The average molecular weight is 352 g/mol. The SMILES string of the molecule is CCOC(=O)c1c(Cl)cccc1OCc1cc(OC)cc(OC)n1. The quantitative estimate of drug-likeness (QED) is 0.711. The van der Waals surface area contributed by atoms with E-state index in [0.29, 0.717) is 23.1 Å². The highest BCUT2D eigenvalue weighted by atomic mass is 35.5. The first-order valence-electron chi connectivity index (χ1n) is 7.26. The van der Waals surface area contributed by atoms with Gasteiger partial charge in [0.05, 0.1) is 31.5 Å². The molecular formula is C17H18ClNO5. The summed E-state index contributed by atoms with van der Waals surface area (Å²) in [6.07, 6.45) is 0. The van der Waals surface area contributed by atoms with Gasteiger partial charge in [-0.1, -0.05) is 17.7 Å². The second-order valence-electron chi connectivity index (χ2n) is 4.66. The van der Waals surface area contributed by atoms with E-state index in [1.54, 1.807) is 44.4 Å². The minimum Gasteiger partial charge on any atom is -0.496 e. The Bertz CT molecular complexity index is 698. The average Bonchev–Trinajstić information content (AvgIpc) is 2.59. The van der Waals surface area contributed by atoms with Gasteiger partial charge in [0.2, 0.25) is 5.88 Å². The number of esters is 1. The highest BCUT2D eigenvalue weighted by molar-refractivity contribution is 6.34. The van der Waals surface area contributed by atoms with Crippen LogP contribution < -0.4 is 14.2 Å². The van der Waals surface area contributed by atoms with Gasteiger partial charge in [0.1, 0.15) is 23.7 Å². The van der Waals surface area contributed by atoms with E-state index in [2.05, 4.69) is 4.98 Å². The van der Waals surface area contributed by atoms with Gasteiger partial charge in [-0.3, -0.25) is 0 Å². The number of benzene rings is 1. The minimum absolute atomic E-state index is 0.111. The molecule has 0 saturated heterocycles. The number of aromatic nitrogens is 1. The van der Waals surface area contributed by atoms with Crippen molar-refractivity contribution in [3.63, 3.8) is 0 Å². The fourth-order valence-corrected chi connectivity index (χ4v) is 2.25. The van der Waals surface area contributed by atoms with Gasteiger partial charge in [-0.2, -0.15) is 0 Å². The van der Waals surface area contributed by atoms with Crippen LogP contribution in [0.25, 0.3) is 0 Å². The topological polar surface area (TPSA) is 66.9 Å². The van der Waals surface area contributed by atoms with Crippen LogP contribution in [-0.4, -0.2) is 31.8 Å². The maximum atomic E-state index is 12.1. The molecule has 128 valence electrons. The van der Waals surface area contributed by atoms with E-state index >= 15 is 0 Å². The Morgan fingerprint density at radius 1 is 1.21 bits per heavy atom. The second-order valence-corrected chi connectivity index (χ2v) is 5.07. The fraction of sp³-hybridized carbons (Fsp3) is 0.294. The number of nitrogens with zero attached hydrogens (tertiary/aromatic N) is 1. The molecule has 0 aliphatic carbocycles. The zero-order chi connectivity index (χ0) is 17.5. The van der Waals surface area contributed by atoms with E-state index in [9.17, 15) is 4.79 Å². The van der Waals surface area contributed by atoms with Crippen LogP contribution in [0.5, 0.6) is 17.4 Å². The number of halogens is 1. The number of methoxy groups -OCH3 is 2. The van der Waals surface area contributed by atoms with Gasteiger partial charge in [0.15, 0.2) is 0 Å². The van der Waals surface area contributed by atoms with Gasteiger partial charge in [-0.25, -0.2) is 9.78 Å². The first-order chi connectivity index (χ1) is 11.6. The fourth-order valence-electron chi connectivity index (χ4n) is 2.01. The monoisotopic (exact) mass is 351 g/mol. The highest BCUT2D eigenvalue weighted by Gasteiger charge is 2.18. The summed E-state index contributed by atoms with van der Waals surface area (Å²) in [5.41, 5.74) is 0.775. The van der Waals surface area contributed by atoms with Crippen LogP contribution >= 0.6 is 11.6 Å². The maximum Gasteiger partial charge on any atom is 0.343 e. The highest BCUT2D eigenvalue weighted by Crippen LogP contribution is 2.28. The van der Waals surface area contributed by atoms with Crippen molar-refractivity contribution in [2.24, 2.45) is 0 Å². The predicted molar refractivity (Wildman–Crippen MR) is 89.1 cm³/mol. The van der Waals surface area contributed by atoms with Crippen LogP contribution in [0.15, 0.2) is 30.3 Å². The molecule has 0 fully saturated rings. The number of hydrogen-bond acceptors (Lipinski definition) is 6. The molecular weight excluding hydrogens is 334 g/mol. The van der Waals surface area contributed by atoms with Crippen LogP contribution in [0.4, 0.5) is 0 Å². The zero-order valence-corrected chi connectivity index (χ0v) is 14.4. The molecule has 0 unspecified atom stereocenters. The van der Waals surface area contributed by atoms with Crippen molar-refractivity contribution >= 4 is 17.6 Å². The molecule has 0 aliphatic rings. The van der Waals surface area contributed by atoms with Crippen molar-refractivity contribution in [2.45, 2.75) is 13.5 Å². The maximum absolute atomic E-state index is 12.1. The van der Waals surface area contributed by atoms with E-state index in [1.807, 2.05) is 0 Å². The molecule has 0 N–H and O–H groups in total. The van der Waals surface area contributed by atoms with Crippen LogP contribution in [0.1, 0.15) is 23.0 Å². The third kappa shape index (κ3) is 4.29. The molecule has 0 atom stereocenters. The summed E-state index contributed by atoms with van der Waals surface area (Å²) in [5.74, 6) is 0.792. The molecule has 1 aromatic heterocycles. The first kappa shape index (κ1) is 17.9. The number of carbonyl (C=O) groups excluding carboxylic acids is 1. The van der Waals surface area contributed by atoms with E-state index in [0.717, 1.165) is 0 Å². The lowest BCUT2D eigenvalue weighted by atomic mass is 10.2. The summed E-state index contributed by atoms with van der Waals surface area (Å²) in [5, 5.41) is 0.266. The van der Waals surface area contributed by atoms with Gasteiger partial charge < -0.3 is 18.9 Å². The Kier molecular flexibility index (Phi) is 6.26. The van der Waals surface area contributed by atoms with Crippen molar-refractivity contribution in [1.82, 2.24) is 4.98 Å². The van der Waals surface area contributed by atoms with Crippen molar-refractivity contribution < 1.29 is 23.7 Å². The summed E-state index contributed by atoms with van der Waals surface area (Å²) in [6, 6.07) is 8.33. The van der Waals surface area contributed by atoms with E-state index in [4.69, 9.17) is 30.5 Å². The number of rotatable bonds is 7. The summed E-state index contributed by atoms with van der Waals surface area (Å²) >= 11 is 6.10. The molecule has 0 radical (unpaired) electrons. The molecule has 0 aliphatic heterocycles. The van der Waals surface area contributed by atoms with Gasteiger partial charge in [0, 0.05) is 12.1 Å². The van der Waals surface area contributed by atoms with Crippen LogP contribution in [-0.2, 0) is 11.3 Å². The predicted octanol–water partition coefficient (Wildman–Crippen LogP) is 3.51. The minimum atomic E-state index is -0.533. The van der Waals surface area contributed by atoms with E-state index < -0.39 is 5.97 Å². The molecule has 2 rings (SSSR count). The largest absolute Gasteiger partial charge is 0.496 e. The zero-order valence-electron chi connectivity index (χ0n) is 13.7. The molecule has 6 nitrogen and oxygen atoms in total. The van der Waals surface area contributed by atoms with E-state index in [-0.39, 0.29) is 23.8 Å². The normalized spacial score (nSPS) is 10.2. The molecule has 0 spiro atoms. The van der Waals surface area contributed by atoms with Gasteiger partial charge in [0.25, 0.3) is 0 Å². The Balaban J connectivity index is 2.23. The molecule has 0 saturated carbocycles. The van der Waals surface area contributed by atoms with Crippen molar-refractivity contribution in [1.29, 1.82) is 0 Å². The number of carbonyl (C=O) groups is 1. The summed E-state index contributed by atoms with van der Waals surface area (Å²) in [7, 11) is 3.07. The summed E-state index contributed by atoms with van der Waals surface area (Å²) < 4.78 is 21.0. The molecule has 0 amide bonds. The second kappa shape index (κ2) is 8.40. The summed E-state index contributed by atoms with van der Waals surface area (Å²) in [6.45, 7) is 2.08. The Hall–Kier alpha value is -2.47. The lowest BCUT2D eigenvalue weighted by Crippen LogP contribution is -2.09. The molecule has 0 bridgehead atoms. The van der Waals surface area contributed by atoms with Crippen LogP contribution in [0, 0.1) is 0 Å². The van der Waals surface area contributed by atoms with Gasteiger partial charge >= 0.3 is 5.97 Å². The summed E-state index contributed by atoms with van der Waals surface area (Å²) in [4.78, 5) is 16.3. The Morgan fingerprint density at radius 2 is 2.00 bits per heavy atom. The Morgan fingerprint density at radius 3 is 2.67 bits per heavy atom. The molecule has 2 aromatic rings. The van der Waals surface area contributed by atoms with Crippen molar-refractivity contribution in [2.75, 3.05) is 20.8 Å². The standard InChI is InChI=1S/C17H18ClNO5/c1-4-23-17(20)16-13(18)6-5-7-14(16)24-10-11-8-12(21-2)9-15(19-11)22-3/h5-9H,4,10H2,1-3H3. The molecule has 1 heterocycles. The molecule has 24 heavy (non-hydrogen) atoms. The Labute approximate surface area is 145 Å². The lowest BCUT2D eigenvalue weighted by molar-refractivity contribution is 0.0521. The number of ether oxygens (including phenoxy) is 4. The third-order valence-corrected chi connectivity index (χ3v) is 3.42. The van der Waals surface area contributed by atoms with Crippen molar-refractivity contribution in [3.05, 3.63) is 46.6 Å². The third-order valence-electron chi connectivity index (χ3n) is 3.10. The molecule has 7 heteroatoms. The molecule has 1 aromatic carbocycles. The first-order valence-corrected chi connectivity index (χ1v) is 7.64. The number of hydrogen-bond donors (Lipinski definition) is 0. The van der Waals surface area contributed by atoms with E-state index in [1.165, 1.54) is 7.11 Å². The lowest BCUT2D eigenvalue weighted by Gasteiger charge is -2.13. The smallest absolute Gasteiger partial charge is 0.343 e. The van der Waals surface area contributed by atoms with Crippen molar-refractivity contribution in [3.8, 4) is 17.4 Å². The number of pyridine rings is 1. The van der Waals surface area contributed by atoms with Gasteiger partial charge in [-0.15, -0.1) is 0 Å². The van der Waals surface area contributed by atoms with Crippen LogP contribution in [0.3, 0.4) is 0 Å². The van der Waals surface area contributed by atoms with Crippen LogP contribution in [0.2, 0.25) is 5.02 Å².